The van der Waals surface area contributed by atoms with Crippen LogP contribution in [-0.2, 0) is 13.0 Å². The maximum atomic E-state index is 6.16. The molecule has 0 bridgehead atoms. The maximum absolute atomic E-state index is 6.16. The Kier molecular flexibility index (Phi) is 3.66. The van der Waals surface area contributed by atoms with Crippen molar-refractivity contribution in [3.8, 4) is 0 Å². The molecule has 0 spiro atoms. The number of nitrogens with zero attached hydrogens (tertiary/aromatic N) is 2. The molecular formula is C13H25N3. The van der Waals surface area contributed by atoms with Gasteiger partial charge in [0.15, 0.2) is 0 Å². The van der Waals surface area contributed by atoms with Gasteiger partial charge in [0.05, 0.1) is 5.69 Å². The van der Waals surface area contributed by atoms with Crippen LogP contribution in [0, 0.1) is 18.3 Å². The predicted octanol–water partition coefficient (Wildman–Crippen LogP) is 3.02. The van der Waals surface area contributed by atoms with E-state index >= 15 is 0 Å². The van der Waals surface area contributed by atoms with Crippen LogP contribution in [0.4, 0.5) is 5.82 Å². The molecule has 1 heterocycles. The van der Waals surface area contributed by atoms with E-state index in [9.17, 15) is 0 Å². The Morgan fingerprint density at radius 3 is 2.31 bits per heavy atom. The standard InChI is InChI=1S/C13H25N3/c1-9(2)8-16-10(3)15-11(12(16)14)7-13(4,5)6/h9H,7-8,14H2,1-6H3. The van der Waals surface area contributed by atoms with Gasteiger partial charge >= 0.3 is 0 Å². The second-order valence-electron chi connectivity index (χ2n) is 6.23. The SMILES string of the molecule is Cc1nc(CC(C)(C)C)c(N)n1CC(C)C. The molecular weight excluding hydrogens is 198 g/mol. The molecule has 0 aromatic carbocycles. The highest BCUT2D eigenvalue weighted by molar-refractivity contribution is 5.38. The van der Waals surface area contributed by atoms with Gasteiger partial charge in [-0.1, -0.05) is 34.6 Å². The molecule has 92 valence electrons. The first-order valence-electron chi connectivity index (χ1n) is 6.02. The summed E-state index contributed by atoms with van der Waals surface area (Å²) in [5.41, 5.74) is 7.44. The third kappa shape index (κ3) is 3.26. The van der Waals surface area contributed by atoms with E-state index in [1.807, 2.05) is 6.92 Å². The summed E-state index contributed by atoms with van der Waals surface area (Å²) in [5, 5.41) is 0. The van der Waals surface area contributed by atoms with E-state index in [0.29, 0.717) is 5.92 Å². The van der Waals surface area contributed by atoms with Crippen molar-refractivity contribution in [1.82, 2.24) is 9.55 Å². The summed E-state index contributed by atoms with van der Waals surface area (Å²) in [7, 11) is 0. The van der Waals surface area contributed by atoms with Crippen molar-refractivity contribution in [2.24, 2.45) is 11.3 Å². The first kappa shape index (κ1) is 13.1. The Balaban J connectivity index is 2.97. The zero-order valence-electron chi connectivity index (χ0n) is 11.5. The minimum atomic E-state index is 0.234. The van der Waals surface area contributed by atoms with Crippen molar-refractivity contribution in [3.05, 3.63) is 11.5 Å². The van der Waals surface area contributed by atoms with E-state index in [4.69, 9.17) is 5.73 Å². The van der Waals surface area contributed by atoms with Gasteiger partial charge in [0.25, 0.3) is 0 Å². The molecule has 0 aliphatic heterocycles. The summed E-state index contributed by atoms with van der Waals surface area (Å²) >= 11 is 0. The number of aryl methyl sites for hydroxylation is 1. The molecule has 0 aliphatic rings. The molecule has 2 N–H and O–H groups in total. The molecule has 1 aromatic heterocycles. The van der Waals surface area contributed by atoms with E-state index in [1.54, 1.807) is 0 Å². The molecule has 0 amide bonds. The minimum Gasteiger partial charge on any atom is -0.384 e. The lowest BCUT2D eigenvalue weighted by molar-refractivity contribution is 0.407. The molecule has 0 saturated heterocycles. The quantitative estimate of drug-likeness (QED) is 0.856. The van der Waals surface area contributed by atoms with E-state index in [0.717, 1.165) is 30.3 Å². The van der Waals surface area contributed by atoms with Crippen LogP contribution in [0.2, 0.25) is 0 Å². The van der Waals surface area contributed by atoms with Crippen molar-refractivity contribution < 1.29 is 0 Å². The van der Waals surface area contributed by atoms with Gasteiger partial charge in [-0.3, -0.25) is 0 Å². The number of anilines is 1. The van der Waals surface area contributed by atoms with Crippen molar-refractivity contribution in [3.63, 3.8) is 0 Å². The summed E-state index contributed by atoms with van der Waals surface area (Å²) in [6.07, 6.45) is 0.935. The van der Waals surface area contributed by atoms with Gasteiger partial charge < -0.3 is 10.3 Å². The van der Waals surface area contributed by atoms with Gasteiger partial charge in [0.2, 0.25) is 0 Å². The Bertz CT molecular complexity index is 356. The highest BCUT2D eigenvalue weighted by Gasteiger charge is 2.18. The van der Waals surface area contributed by atoms with Crippen LogP contribution >= 0.6 is 0 Å². The Hall–Kier alpha value is -0.990. The van der Waals surface area contributed by atoms with Gasteiger partial charge in [-0.25, -0.2) is 4.98 Å². The zero-order chi connectivity index (χ0) is 12.5. The Morgan fingerprint density at radius 2 is 1.88 bits per heavy atom. The number of nitrogen functional groups attached to an aromatic ring is 1. The Labute approximate surface area is 99.1 Å². The largest absolute Gasteiger partial charge is 0.384 e. The predicted molar refractivity (Wildman–Crippen MR) is 69.4 cm³/mol. The van der Waals surface area contributed by atoms with Gasteiger partial charge in [-0.2, -0.15) is 0 Å². The third-order valence-corrected chi connectivity index (χ3v) is 2.52. The normalized spacial score (nSPS) is 12.4. The fourth-order valence-corrected chi connectivity index (χ4v) is 1.87. The summed E-state index contributed by atoms with van der Waals surface area (Å²) < 4.78 is 2.13. The highest BCUT2D eigenvalue weighted by atomic mass is 15.1. The Morgan fingerprint density at radius 1 is 1.31 bits per heavy atom. The van der Waals surface area contributed by atoms with E-state index in [2.05, 4.69) is 44.2 Å². The second kappa shape index (κ2) is 4.48. The number of imidazole rings is 1. The van der Waals surface area contributed by atoms with Crippen LogP contribution in [-0.4, -0.2) is 9.55 Å². The van der Waals surface area contributed by atoms with Crippen LogP contribution in [0.1, 0.15) is 46.1 Å². The maximum Gasteiger partial charge on any atom is 0.126 e. The van der Waals surface area contributed by atoms with Crippen molar-refractivity contribution in [2.75, 3.05) is 5.73 Å². The fraction of sp³-hybridized carbons (Fsp3) is 0.769. The summed E-state index contributed by atoms with van der Waals surface area (Å²) in [6.45, 7) is 14.0. The summed E-state index contributed by atoms with van der Waals surface area (Å²) in [6, 6.07) is 0. The second-order valence-corrected chi connectivity index (χ2v) is 6.23. The van der Waals surface area contributed by atoms with E-state index in [-0.39, 0.29) is 5.41 Å². The van der Waals surface area contributed by atoms with Crippen LogP contribution in [0.15, 0.2) is 0 Å². The first-order chi connectivity index (χ1) is 7.20. The average molecular weight is 223 g/mol. The molecule has 0 atom stereocenters. The van der Waals surface area contributed by atoms with E-state index in [1.165, 1.54) is 0 Å². The van der Waals surface area contributed by atoms with Gasteiger partial charge in [-0.05, 0) is 24.7 Å². The number of nitrogens with two attached hydrogens (primary N) is 1. The first-order valence-corrected chi connectivity index (χ1v) is 6.02. The van der Waals surface area contributed by atoms with Crippen molar-refractivity contribution in [1.29, 1.82) is 0 Å². The smallest absolute Gasteiger partial charge is 0.126 e. The molecule has 3 heteroatoms. The van der Waals surface area contributed by atoms with E-state index < -0.39 is 0 Å². The van der Waals surface area contributed by atoms with Crippen molar-refractivity contribution in [2.45, 2.75) is 54.5 Å². The average Bonchev–Trinajstić information content (AvgIpc) is 2.29. The molecule has 1 rings (SSSR count). The van der Waals surface area contributed by atoms with Gasteiger partial charge in [0.1, 0.15) is 11.6 Å². The van der Waals surface area contributed by atoms with Crippen LogP contribution in [0.5, 0.6) is 0 Å². The number of rotatable bonds is 3. The summed E-state index contributed by atoms with van der Waals surface area (Å²) in [5.74, 6) is 2.48. The monoisotopic (exact) mass is 223 g/mol. The minimum absolute atomic E-state index is 0.234. The molecule has 0 unspecified atom stereocenters. The lowest BCUT2D eigenvalue weighted by Crippen LogP contribution is -2.13. The number of aromatic nitrogens is 2. The molecule has 16 heavy (non-hydrogen) atoms. The topological polar surface area (TPSA) is 43.8 Å². The van der Waals surface area contributed by atoms with Gasteiger partial charge in [-0.15, -0.1) is 0 Å². The molecule has 3 nitrogen and oxygen atoms in total. The molecule has 0 saturated carbocycles. The lowest BCUT2D eigenvalue weighted by Gasteiger charge is -2.17. The van der Waals surface area contributed by atoms with Crippen molar-refractivity contribution >= 4 is 5.82 Å². The van der Waals surface area contributed by atoms with Crippen LogP contribution in [0.3, 0.4) is 0 Å². The lowest BCUT2D eigenvalue weighted by atomic mass is 9.90. The van der Waals surface area contributed by atoms with Crippen LogP contribution < -0.4 is 5.73 Å². The number of hydrogen-bond donors (Lipinski definition) is 1. The zero-order valence-corrected chi connectivity index (χ0v) is 11.5. The summed E-state index contributed by atoms with van der Waals surface area (Å²) in [4.78, 5) is 4.59. The number of hydrogen-bond acceptors (Lipinski definition) is 2. The molecule has 0 radical (unpaired) electrons. The molecule has 0 fully saturated rings. The van der Waals surface area contributed by atoms with Gasteiger partial charge in [0, 0.05) is 6.54 Å². The third-order valence-electron chi connectivity index (χ3n) is 2.52. The highest BCUT2D eigenvalue weighted by Crippen LogP contribution is 2.25. The van der Waals surface area contributed by atoms with Crippen LogP contribution in [0.25, 0.3) is 0 Å². The molecule has 1 aromatic rings. The molecule has 0 aliphatic carbocycles. The fourth-order valence-electron chi connectivity index (χ4n) is 1.87.